The second-order valence-corrected chi connectivity index (χ2v) is 4.04. The average molecular weight is 236 g/mol. The van der Waals surface area contributed by atoms with E-state index in [0.717, 1.165) is 17.8 Å². The Bertz CT molecular complexity index is 390. The van der Waals surface area contributed by atoms with Crippen LogP contribution in [-0.4, -0.2) is 31.2 Å². The smallest absolute Gasteiger partial charge is 0.161 e. The number of anilines is 2. The molecule has 1 atom stereocenters. The second-order valence-electron chi connectivity index (χ2n) is 4.04. The molecule has 0 bridgehead atoms. The van der Waals surface area contributed by atoms with Crippen LogP contribution in [0.1, 0.15) is 13.3 Å². The average Bonchev–Trinajstić information content (AvgIpc) is 2.35. The molecule has 0 aliphatic heterocycles. The minimum Gasteiger partial charge on any atom is -0.409 e. The fourth-order valence-corrected chi connectivity index (χ4v) is 1.63. The first-order chi connectivity index (χ1) is 8.10. The van der Waals surface area contributed by atoms with Crippen LogP contribution in [0, 0.1) is 0 Å². The van der Waals surface area contributed by atoms with E-state index >= 15 is 0 Å². The van der Waals surface area contributed by atoms with Gasteiger partial charge in [-0.15, -0.1) is 0 Å². The van der Waals surface area contributed by atoms with Gasteiger partial charge in [0.2, 0.25) is 0 Å². The fraction of sp³-hybridized carbons (Fsp3) is 0.417. The summed E-state index contributed by atoms with van der Waals surface area (Å²) in [6, 6.07) is 7.75. The van der Waals surface area contributed by atoms with Crippen LogP contribution in [0.25, 0.3) is 0 Å². The highest BCUT2D eigenvalue weighted by Gasteiger charge is 2.13. The highest BCUT2D eigenvalue weighted by molar-refractivity contribution is 5.88. The Hall–Kier alpha value is -1.91. The van der Waals surface area contributed by atoms with Crippen LogP contribution in [-0.2, 0) is 0 Å². The Morgan fingerprint density at radius 1 is 1.47 bits per heavy atom. The van der Waals surface area contributed by atoms with Crippen LogP contribution in [0.3, 0.4) is 0 Å². The lowest BCUT2D eigenvalue weighted by Crippen LogP contribution is -2.35. The second kappa shape index (κ2) is 5.98. The summed E-state index contributed by atoms with van der Waals surface area (Å²) in [5, 5.41) is 15.0. The quantitative estimate of drug-likeness (QED) is 0.315. The van der Waals surface area contributed by atoms with Crippen LogP contribution in [0.4, 0.5) is 11.4 Å². The van der Waals surface area contributed by atoms with Crippen molar-refractivity contribution < 1.29 is 5.21 Å². The molecule has 0 radical (unpaired) electrons. The number of oxime groups is 1. The van der Waals surface area contributed by atoms with Crippen molar-refractivity contribution in [2.45, 2.75) is 19.4 Å². The van der Waals surface area contributed by atoms with Crippen LogP contribution in [0.15, 0.2) is 29.4 Å². The molecule has 0 fully saturated rings. The van der Waals surface area contributed by atoms with Crippen molar-refractivity contribution in [2.75, 3.05) is 24.3 Å². The maximum atomic E-state index is 8.71. The summed E-state index contributed by atoms with van der Waals surface area (Å²) in [7, 11) is 3.95. The molecule has 1 unspecified atom stereocenters. The molecule has 1 rings (SSSR count). The molecule has 0 aromatic heterocycles. The summed E-state index contributed by atoms with van der Waals surface area (Å²) in [6.07, 6.45) is 0.748. The molecule has 17 heavy (non-hydrogen) atoms. The molecular weight excluding hydrogens is 216 g/mol. The van der Waals surface area contributed by atoms with Crippen molar-refractivity contribution in [3.8, 4) is 0 Å². The van der Waals surface area contributed by atoms with Crippen molar-refractivity contribution in [2.24, 2.45) is 10.9 Å². The van der Waals surface area contributed by atoms with E-state index in [1.807, 2.05) is 50.2 Å². The van der Waals surface area contributed by atoms with Gasteiger partial charge in [-0.1, -0.05) is 24.2 Å². The fourth-order valence-electron chi connectivity index (χ4n) is 1.63. The molecular formula is C12H20N4O. The third-order valence-corrected chi connectivity index (χ3v) is 2.60. The molecule has 0 heterocycles. The summed E-state index contributed by atoms with van der Waals surface area (Å²) < 4.78 is 0. The third-order valence-electron chi connectivity index (χ3n) is 2.60. The molecule has 4 N–H and O–H groups in total. The maximum Gasteiger partial charge on any atom is 0.161 e. The van der Waals surface area contributed by atoms with E-state index in [1.165, 1.54) is 0 Å². The molecule has 5 nitrogen and oxygen atoms in total. The number of hydrogen-bond donors (Lipinski definition) is 3. The summed E-state index contributed by atoms with van der Waals surface area (Å²) in [5.41, 5.74) is 7.66. The normalized spacial score (nSPS) is 13.2. The van der Waals surface area contributed by atoms with Crippen molar-refractivity contribution >= 4 is 17.2 Å². The zero-order valence-electron chi connectivity index (χ0n) is 10.5. The highest BCUT2D eigenvalue weighted by atomic mass is 16.4. The lowest BCUT2D eigenvalue weighted by Gasteiger charge is -2.22. The van der Waals surface area contributed by atoms with Gasteiger partial charge in [-0.2, -0.15) is 0 Å². The molecule has 0 aliphatic carbocycles. The first-order valence-corrected chi connectivity index (χ1v) is 5.60. The lowest BCUT2D eigenvalue weighted by atomic mass is 10.1. The van der Waals surface area contributed by atoms with Gasteiger partial charge in [-0.3, -0.25) is 0 Å². The van der Waals surface area contributed by atoms with Crippen molar-refractivity contribution in [3.05, 3.63) is 24.3 Å². The summed E-state index contributed by atoms with van der Waals surface area (Å²) in [5.74, 6) is 0.195. The number of nitrogens with zero attached hydrogens (tertiary/aromatic N) is 2. The van der Waals surface area contributed by atoms with Crippen LogP contribution < -0.4 is 16.0 Å². The van der Waals surface area contributed by atoms with Crippen LogP contribution in [0.2, 0.25) is 0 Å². The van der Waals surface area contributed by atoms with Gasteiger partial charge in [0.25, 0.3) is 0 Å². The van der Waals surface area contributed by atoms with E-state index < -0.39 is 0 Å². The number of benzene rings is 1. The van der Waals surface area contributed by atoms with Gasteiger partial charge < -0.3 is 21.2 Å². The first-order valence-electron chi connectivity index (χ1n) is 5.60. The van der Waals surface area contributed by atoms with Crippen LogP contribution in [0.5, 0.6) is 0 Å². The van der Waals surface area contributed by atoms with Gasteiger partial charge in [0.05, 0.1) is 17.4 Å². The number of nitrogens with two attached hydrogens (primary N) is 1. The van der Waals surface area contributed by atoms with E-state index in [9.17, 15) is 0 Å². The Morgan fingerprint density at radius 2 is 2.12 bits per heavy atom. The topological polar surface area (TPSA) is 73.9 Å². The van der Waals surface area contributed by atoms with E-state index in [-0.39, 0.29) is 11.9 Å². The minimum absolute atomic E-state index is 0.166. The largest absolute Gasteiger partial charge is 0.409 e. The molecule has 0 saturated carbocycles. The molecule has 5 heteroatoms. The van der Waals surface area contributed by atoms with E-state index in [2.05, 4.69) is 10.5 Å². The molecule has 0 aliphatic rings. The molecule has 0 amide bonds. The molecule has 1 aromatic rings. The van der Waals surface area contributed by atoms with Crippen LogP contribution >= 0.6 is 0 Å². The number of rotatable bonds is 5. The predicted molar refractivity (Wildman–Crippen MR) is 71.9 cm³/mol. The predicted octanol–water partition coefficient (Wildman–Crippen LogP) is 1.69. The maximum absolute atomic E-state index is 8.71. The van der Waals surface area contributed by atoms with Gasteiger partial charge in [0, 0.05) is 14.1 Å². The molecule has 94 valence electrons. The Balaban J connectivity index is 2.93. The van der Waals surface area contributed by atoms with Gasteiger partial charge in [-0.25, -0.2) is 0 Å². The Labute approximate surface area is 102 Å². The monoisotopic (exact) mass is 236 g/mol. The zero-order valence-corrected chi connectivity index (χ0v) is 10.5. The first kappa shape index (κ1) is 13.2. The van der Waals surface area contributed by atoms with Gasteiger partial charge in [0.1, 0.15) is 0 Å². The standard InChI is InChI=1S/C12H20N4O/c1-4-9(12(13)15-17)14-10-7-5-6-8-11(10)16(2)3/h5-9,14,17H,4H2,1-3H3,(H2,13,15). The summed E-state index contributed by atoms with van der Waals surface area (Å²) in [6.45, 7) is 1.98. The van der Waals surface area contributed by atoms with Gasteiger partial charge in [-0.05, 0) is 18.6 Å². The number of hydrogen-bond acceptors (Lipinski definition) is 4. The van der Waals surface area contributed by atoms with E-state index in [1.54, 1.807) is 0 Å². The number of para-hydroxylation sites is 2. The van der Waals surface area contributed by atoms with E-state index in [4.69, 9.17) is 10.9 Å². The Morgan fingerprint density at radius 3 is 2.65 bits per heavy atom. The molecule has 0 spiro atoms. The third kappa shape index (κ3) is 3.27. The zero-order chi connectivity index (χ0) is 12.8. The SMILES string of the molecule is CCC(Nc1ccccc1N(C)C)/C(N)=N/O. The van der Waals surface area contributed by atoms with E-state index in [0.29, 0.717) is 0 Å². The van der Waals surface area contributed by atoms with Gasteiger partial charge in [0.15, 0.2) is 5.84 Å². The minimum atomic E-state index is -0.166. The Kier molecular flexibility index (Phi) is 4.63. The number of nitrogens with one attached hydrogen (secondary N) is 1. The van der Waals surface area contributed by atoms with Gasteiger partial charge >= 0.3 is 0 Å². The molecule has 0 saturated heterocycles. The number of amidine groups is 1. The lowest BCUT2D eigenvalue weighted by molar-refractivity contribution is 0.316. The van der Waals surface area contributed by atoms with Crippen molar-refractivity contribution in [3.63, 3.8) is 0 Å². The van der Waals surface area contributed by atoms with Crippen molar-refractivity contribution in [1.82, 2.24) is 0 Å². The van der Waals surface area contributed by atoms with Crippen molar-refractivity contribution in [1.29, 1.82) is 0 Å². The molecule has 1 aromatic carbocycles. The summed E-state index contributed by atoms with van der Waals surface area (Å²) in [4.78, 5) is 2.02. The summed E-state index contributed by atoms with van der Waals surface area (Å²) >= 11 is 0. The highest BCUT2D eigenvalue weighted by Crippen LogP contribution is 2.24.